The van der Waals surface area contributed by atoms with Gasteiger partial charge in [-0.1, -0.05) is 41.4 Å². The molecule has 0 fully saturated rings. The van der Waals surface area contributed by atoms with Crippen LogP contribution in [0.1, 0.15) is 0 Å². The lowest BCUT2D eigenvalue weighted by atomic mass is 10.2. The van der Waals surface area contributed by atoms with E-state index in [4.69, 9.17) is 23.2 Å². The van der Waals surface area contributed by atoms with Crippen molar-refractivity contribution in [2.45, 2.75) is 4.21 Å². The van der Waals surface area contributed by atoms with Gasteiger partial charge in [-0.2, -0.15) is 0 Å². The number of rotatable bonds is 4. The van der Waals surface area contributed by atoms with E-state index in [1.165, 1.54) is 6.07 Å². The molecule has 3 rings (SSSR count). The molecule has 3 aromatic rings. The molecule has 114 valence electrons. The average molecular weight is 390 g/mol. The molecule has 0 aliphatic heterocycles. The Labute approximate surface area is 146 Å². The van der Waals surface area contributed by atoms with Gasteiger partial charge in [0, 0.05) is 10.6 Å². The zero-order valence-electron chi connectivity index (χ0n) is 10.9. The van der Waals surface area contributed by atoms with Crippen molar-refractivity contribution in [1.29, 1.82) is 0 Å². The van der Waals surface area contributed by atoms with Crippen LogP contribution in [0.15, 0.2) is 52.1 Å². The van der Waals surface area contributed by atoms with Crippen molar-refractivity contribution in [3.8, 4) is 10.4 Å². The van der Waals surface area contributed by atoms with Gasteiger partial charge in [0.15, 0.2) is 0 Å². The van der Waals surface area contributed by atoms with Gasteiger partial charge in [0.2, 0.25) is 0 Å². The second-order valence-corrected chi connectivity index (χ2v) is 9.27. The Morgan fingerprint density at radius 1 is 1.05 bits per heavy atom. The fraction of sp³-hybridized carbons (Fsp3) is 0. The lowest BCUT2D eigenvalue weighted by Crippen LogP contribution is -2.11. The van der Waals surface area contributed by atoms with Crippen LogP contribution in [0.2, 0.25) is 9.36 Å². The highest BCUT2D eigenvalue weighted by molar-refractivity contribution is 7.94. The van der Waals surface area contributed by atoms with Crippen LogP contribution in [0.25, 0.3) is 10.4 Å². The van der Waals surface area contributed by atoms with Crippen LogP contribution >= 0.6 is 45.9 Å². The molecule has 0 amide bonds. The summed E-state index contributed by atoms with van der Waals surface area (Å²) in [6, 6.07) is 12.5. The predicted molar refractivity (Wildman–Crippen MR) is 94.9 cm³/mol. The molecule has 0 saturated heterocycles. The van der Waals surface area contributed by atoms with Crippen LogP contribution in [-0.4, -0.2) is 8.42 Å². The number of halogens is 2. The van der Waals surface area contributed by atoms with Crippen LogP contribution in [0, 0.1) is 0 Å². The fourth-order valence-electron chi connectivity index (χ4n) is 1.81. The molecule has 0 radical (unpaired) electrons. The molecular formula is C14H9Cl2NO2S3. The van der Waals surface area contributed by atoms with Crippen LogP contribution in [0.4, 0.5) is 5.69 Å². The number of anilines is 1. The molecule has 2 heterocycles. The van der Waals surface area contributed by atoms with Gasteiger partial charge in [0.25, 0.3) is 10.0 Å². The fourth-order valence-corrected chi connectivity index (χ4v) is 5.48. The lowest BCUT2D eigenvalue weighted by molar-refractivity contribution is 0.603. The summed E-state index contributed by atoms with van der Waals surface area (Å²) in [5, 5.41) is 2.23. The van der Waals surface area contributed by atoms with Gasteiger partial charge in [-0.15, -0.1) is 22.7 Å². The van der Waals surface area contributed by atoms with E-state index >= 15 is 0 Å². The Hall–Kier alpha value is -1.05. The first-order chi connectivity index (χ1) is 10.5. The minimum atomic E-state index is -3.68. The van der Waals surface area contributed by atoms with Crippen molar-refractivity contribution in [1.82, 2.24) is 0 Å². The average Bonchev–Trinajstić information content (AvgIpc) is 3.11. The van der Waals surface area contributed by atoms with Crippen molar-refractivity contribution >= 4 is 61.6 Å². The summed E-state index contributed by atoms with van der Waals surface area (Å²) in [6.45, 7) is 0. The van der Waals surface area contributed by atoms with Crippen LogP contribution in [0.5, 0.6) is 0 Å². The summed E-state index contributed by atoms with van der Waals surface area (Å²) in [5.74, 6) is 0. The summed E-state index contributed by atoms with van der Waals surface area (Å²) in [5.41, 5.74) is 1.53. The van der Waals surface area contributed by atoms with Gasteiger partial charge in [-0.05, 0) is 35.2 Å². The monoisotopic (exact) mass is 389 g/mol. The molecule has 0 atom stereocenters. The van der Waals surface area contributed by atoms with Crippen molar-refractivity contribution in [3.05, 3.63) is 57.2 Å². The topological polar surface area (TPSA) is 46.2 Å². The molecule has 8 heteroatoms. The normalized spacial score (nSPS) is 11.5. The third-order valence-electron chi connectivity index (χ3n) is 2.83. The summed E-state index contributed by atoms with van der Waals surface area (Å²) < 4.78 is 27.4. The minimum absolute atomic E-state index is 0.0878. The first kappa shape index (κ1) is 15.8. The van der Waals surface area contributed by atoms with Gasteiger partial charge in [0.05, 0.1) is 5.02 Å². The molecule has 0 aliphatic rings. The van der Waals surface area contributed by atoms with Crippen LogP contribution in [-0.2, 0) is 10.0 Å². The summed E-state index contributed by atoms with van der Waals surface area (Å²) in [6.07, 6.45) is 0. The summed E-state index contributed by atoms with van der Waals surface area (Å²) >= 11 is 14.2. The largest absolute Gasteiger partial charge is 0.279 e. The molecule has 0 aliphatic carbocycles. The Morgan fingerprint density at radius 3 is 2.32 bits per heavy atom. The predicted octanol–water partition coefficient (Wildman–Crippen LogP) is 5.58. The van der Waals surface area contributed by atoms with Gasteiger partial charge >= 0.3 is 0 Å². The second-order valence-electron chi connectivity index (χ2n) is 4.35. The molecule has 0 bridgehead atoms. The Balaban J connectivity index is 1.83. The third-order valence-corrected chi connectivity index (χ3v) is 7.47. The molecule has 0 saturated carbocycles. The van der Waals surface area contributed by atoms with Crippen LogP contribution in [0.3, 0.4) is 0 Å². The molecule has 1 N–H and O–H groups in total. The summed E-state index contributed by atoms with van der Waals surface area (Å²) in [7, 11) is -3.68. The molecule has 0 unspecified atom stereocenters. The molecule has 22 heavy (non-hydrogen) atoms. The van der Waals surface area contributed by atoms with E-state index in [1.54, 1.807) is 23.5 Å². The smallest absolute Gasteiger partial charge is 0.271 e. The van der Waals surface area contributed by atoms with Gasteiger partial charge < -0.3 is 0 Å². The van der Waals surface area contributed by atoms with Crippen molar-refractivity contribution in [3.63, 3.8) is 0 Å². The maximum Gasteiger partial charge on any atom is 0.271 e. The van der Waals surface area contributed by atoms with Gasteiger partial charge in [-0.25, -0.2) is 8.42 Å². The standard InChI is InChI=1S/C14H9Cl2NO2S3/c15-11-8-13(21-14(11)16)22(18,19)17-10-5-3-9(4-6-10)12-2-1-7-20-12/h1-8,17H. The summed E-state index contributed by atoms with van der Waals surface area (Å²) in [4.78, 5) is 1.13. The Bertz CT molecular complexity index is 865. The number of hydrogen-bond donors (Lipinski definition) is 1. The number of nitrogens with one attached hydrogen (secondary N) is 1. The number of thiophene rings is 2. The molecule has 2 aromatic heterocycles. The maximum absolute atomic E-state index is 12.3. The third kappa shape index (κ3) is 3.31. The zero-order chi connectivity index (χ0) is 15.7. The van der Waals surface area contributed by atoms with Gasteiger partial charge in [-0.3, -0.25) is 4.72 Å². The minimum Gasteiger partial charge on any atom is -0.279 e. The van der Waals surface area contributed by atoms with E-state index in [-0.39, 0.29) is 13.6 Å². The van der Waals surface area contributed by atoms with Crippen molar-refractivity contribution in [2.24, 2.45) is 0 Å². The number of benzene rings is 1. The first-order valence-electron chi connectivity index (χ1n) is 6.07. The molecular weight excluding hydrogens is 381 g/mol. The van der Waals surface area contributed by atoms with Crippen molar-refractivity contribution in [2.75, 3.05) is 4.72 Å². The molecule has 1 aromatic carbocycles. The highest BCUT2D eigenvalue weighted by atomic mass is 35.5. The zero-order valence-corrected chi connectivity index (χ0v) is 14.9. The Morgan fingerprint density at radius 2 is 1.77 bits per heavy atom. The van der Waals surface area contributed by atoms with E-state index in [0.717, 1.165) is 21.8 Å². The second kappa shape index (κ2) is 6.22. The van der Waals surface area contributed by atoms with Crippen LogP contribution < -0.4 is 4.72 Å². The Kier molecular flexibility index (Phi) is 4.47. The number of hydrogen-bond acceptors (Lipinski definition) is 4. The van der Waals surface area contributed by atoms with E-state index in [0.29, 0.717) is 5.69 Å². The van der Waals surface area contributed by atoms with Gasteiger partial charge in [0.1, 0.15) is 8.55 Å². The molecule has 0 spiro atoms. The highest BCUT2D eigenvalue weighted by Crippen LogP contribution is 2.35. The molecule has 3 nitrogen and oxygen atoms in total. The first-order valence-corrected chi connectivity index (χ1v) is 10.0. The maximum atomic E-state index is 12.3. The van der Waals surface area contributed by atoms with E-state index in [9.17, 15) is 8.42 Å². The number of sulfonamides is 1. The highest BCUT2D eigenvalue weighted by Gasteiger charge is 2.19. The van der Waals surface area contributed by atoms with Crippen molar-refractivity contribution < 1.29 is 8.42 Å². The quantitative estimate of drug-likeness (QED) is 0.632. The SMILES string of the molecule is O=S(=O)(Nc1ccc(-c2cccs2)cc1)c1cc(Cl)c(Cl)s1. The van der Waals surface area contributed by atoms with E-state index < -0.39 is 10.0 Å². The van der Waals surface area contributed by atoms with E-state index in [2.05, 4.69) is 4.72 Å². The van der Waals surface area contributed by atoms with E-state index in [1.807, 2.05) is 29.6 Å². The lowest BCUT2D eigenvalue weighted by Gasteiger charge is -2.06.